The summed E-state index contributed by atoms with van der Waals surface area (Å²) in [4.78, 5) is 16.4. The zero-order valence-corrected chi connectivity index (χ0v) is 15.8. The van der Waals surface area contributed by atoms with Gasteiger partial charge < -0.3 is 14.8 Å². The van der Waals surface area contributed by atoms with E-state index in [4.69, 9.17) is 0 Å². The molecule has 0 aliphatic carbocycles. The molecular formula is C18H14F4N4O3S. The molecule has 12 heteroatoms. The number of H-pyrrole nitrogens is 1. The number of nitrogens with zero attached hydrogens (tertiary/aromatic N) is 2. The lowest BCUT2D eigenvalue weighted by Crippen LogP contribution is -2.14. The van der Waals surface area contributed by atoms with Crippen molar-refractivity contribution in [2.75, 3.05) is 5.32 Å². The molecule has 2 N–H and O–H groups in total. The van der Waals surface area contributed by atoms with E-state index in [0.717, 1.165) is 23.8 Å². The Morgan fingerprint density at radius 2 is 1.80 bits per heavy atom. The minimum Gasteiger partial charge on any atom is -0.435 e. The van der Waals surface area contributed by atoms with Gasteiger partial charge in [-0.15, -0.1) is 0 Å². The average Bonchev–Trinajstić information content (AvgIpc) is 3.21. The van der Waals surface area contributed by atoms with Crippen molar-refractivity contribution in [2.45, 2.75) is 24.1 Å². The number of amides is 1. The number of hydrogen-bond donors (Lipinski definition) is 2. The first kappa shape index (κ1) is 21.4. The molecule has 1 heterocycles. The fourth-order valence-electron chi connectivity index (χ4n) is 2.34. The highest BCUT2D eigenvalue weighted by molar-refractivity contribution is 7.98. The highest BCUT2D eigenvalue weighted by atomic mass is 32.2. The minimum atomic E-state index is -3.22. The third-order valence-electron chi connectivity index (χ3n) is 3.63. The second-order valence-corrected chi connectivity index (χ2v) is 6.61. The summed E-state index contributed by atoms with van der Waals surface area (Å²) >= 11 is 1.43. The van der Waals surface area contributed by atoms with Gasteiger partial charge >= 0.3 is 13.2 Å². The van der Waals surface area contributed by atoms with Crippen LogP contribution in [0.25, 0.3) is 0 Å². The number of carbonyl (C=O) groups excluding carboxylic acids is 1. The molecule has 0 saturated carbocycles. The Bertz CT molecular complexity index is 972. The van der Waals surface area contributed by atoms with Gasteiger partial charge in [-0.3, -0.25) is 9.89 Å². The summed E-state index contributed by atoms with van der Waals surface area (Å²) in [6, 6.07) is 9.67. The maximum absolute atomic E-state index is 12.6. The molecule has 3 aromatic rings. The Hall–Kier alpha value is -3.28. The number of aromatic nitrogens is 3. The molecule has 0 saturated heterocycles. The van der Waals surface area contributed by atoms with Crippen LogP contribution in [0, 0.1) is 0 Å². The number of anilines is 1. The minimum absolute atomic E-state index is 0.119. The Labute approximate surface area is 171 Å². The van der Waals surface area contributed by atoms with Crippen molar-refractivity contribution < 1.29 is 31.8 Å². The van der Waals surface area contributed by atoms with Gasteiger partial charge in [-0.1, -0.05) is 23.9 Å². The van der Waals surface area contributed by atoms with Crippen LogP contribution in [0.1, 0.15) is 15.9 Å². The molecule has 3 rings (SSSR count). The van der Waals surface area contributed by atoms with Gasteiger partial charge in [-0.2, -0.15) is 22.7 Å². The molecular weight excluding hydrogens is 428 g/mol. The van der Waals surface area contributed by atoms with Crippen LogP contribution in [-0.4, -0.2) is 34.3 Å². The highest BCUT2D eigenvalue weighted by Crippen LogP contribution is 2.32. The van der Waals surface area contributed by atoms with Crippen LogP contribution in [0.3, 0.4) is 0 Å². The van der Waals surface area contributed by atoms with E-state index < -0.39 is 24.9 Å². The summed E-state index contributed by atoms with van der Waals surface area (Å²) in [5, 5.41) is 9.54. The van der Waals surface area contributed by atoms with Crippen LogP contribution >= 0.6 is 11.8 Å². The maximum atomic E-state index is 12.6. The average molecular weight is 442 g/mol. The molecule has 2 aromatic carbocycles. The van der Waals surface area contributed by atoms with E-state index >= 15 is 0 Å². The smallest absolute Gasteiger partial charge is 0.387 e. The first-order valence-electron chi connectivity index (χ1n) is 8.33. The van der Waals surface area contributed by atoms with Crippen molar-refractivity contribution in [3.8, 4) is 11.5 Å². The van der Waals surface area contributed by atoms with Gasteiger partial charge in [-0.05, 0) is 29.8 Å². The molecule has 0 bridgehead atoms. The molecule has 0 fully saturated rings. The topological polar surface area (TPSA) is 89.1 Å². The van der Waals surface area contributed by atoms with E-state index in [9.17, 15) is 22.4 Å². The van der Waals surface area contributed by atoms with Crippen molar-refractivity contribution >= 4 is 23.4 Å². The standard InChI is InChI=1S/C18H14F4N4O3S/c19-16(20)28-12-5-6-13(14(7-12)29-17(21)22)25-15(27)11-3-1-10(2-4-11)8-30-18-23-9-24-26-18/h1-7,9,16-17H,8H2,(H,25,27)(H,23,24,26). The maximum Gasteiger partial charge on any atom is 0.387 e. The Morgan fingerprint density at radius 3 is 2.43 bits per heavy atom. The molecule has 0 atom stereocenters. The predicted molar refractivity (Wildman–Crippen MR) is 100 cm³/mol. The molecule has 1 amide bonds. The van der Waals surface area contributed by atoms with Gasteiger partial charge in [0.05, 0.1) is 5.69 Å². The molecule has 0 aliphatic heterocycles. The summed E-state index contributed by atoms with van der Waals surface area (Å²) in [5.41, 5.74) is 1.06. The van der Waals surface area contributed by atoms with Gasteiger partial charge in [0.2, 0.25) is 0 Å². The van der Waals surface area contributed by atoms with Crippen molar-refractivity contribution in [2.24, 2.45) is 0 Å². The number of ether oxygens (including phenoxy) is 2. The SMILES string of the molecule is O=C(Nc1ccc(OC(F)F)cc1OC(F)F)c1ccc(CSc2ncn[nH]2)cc1. The van der Waals surface area contributed by atoms with E-state index in [-0.39, 0.29) is 17.0 Å². The van der Waals surface area contributed by atoms with Gasteiger partial charge in [0, 0.05) is 17.4 Å². The Balaban J connectivity index is 1.68. The Morgan fingerprint density at radius 1 is 1.07 bits per heavy atom. The first-order valence-corrected chi connectivity index (χ1v) is 9.31. The van der Waals surface area contributed by atoms with E-state index in [2.05, 4.69) is 30.0 Å². The van der Waals surface area contributed by atoms with Gasteiger partial charge in [0.25, 0.3) is 5.91 Å². The van der Waals surface area contributed by atoms with Crippen LogP contribution in [0.5, 0.6) is 11.5 Å². The summed E-state index contributed by atoms with van der Waals surface area (Å²) in [5.74, 6) is -0.885. The number of carbonyl (C=O) groups is 1. The first-order chi connectivity index (χ1) is 14.4. The van der Waals surface area contributed by atoms with Crippen LogP contribution in [0.15, 0.2) is 53.9 Å². The molecule has 7 nitrogen and oxygen atoms in total. The molecule has 1 aromatic heterocycles. The van der Waals surface area contributed by atoms with E-state index in [1.165, 1.54) is 18.1 Å². The summed E-state index contributed by atoms with van der Waals surface area (Å²) in [6.45, 7) is -6.35. The second-order valence-electron chi connectivity index (χ2n) is 5.65. The third-order valence-corrected chi connectivity index (χ3v) is 4.57. The Kier molecular flexibility index (Phi) is 7.12. The van der Waals surface area contributed by atoms with Crippen LogP contribution < -0.4 is 14.8 Å². The van der Waals surface area contributed by atoms with E-state index in [1.807, 2.05) is 0 Å². The number of alkyl halides is 4. The molecule has 0 radical (unpaired) electrons. The zero-order chi connectivity index (χ0) is 21.5. The molecule has 0 unspecified atom stereocenters. The molecule has 0 spiro atoms. The van der Waals surface area contributed by atoms with Crippen LogP contribution in [-0.2, 0) is 5.75 Å². The largest absolute Gasteiger partial charge is 0.435 e. The number of rotatable bonds is 9. The number of thioether (sulfide) groups is 1. The number of aromatic amines is 1. The van der Waals surface area contributed by atoms with E-state index in [1.54, 1.807) is 24.3 Å². The monoisotopic (exact) mass is 442 g/mol. The highest BCUT2D eigenvalue weighted by Gasteiger charge is 2.16. The van der Waals surface area contributed by atoms with Crippen LogP contribution in [0.4, 0.5) is 23.2 Å². The van der Waals surface area contributed by atoms with Crippen molar-refractivity contribution in [1.82, 2.24) is 15.2 Å². The second kappa shape index (κ2) is 9.96. The lowest BCUT2D eigenvalue weighted by atomic mass is 10.1. The van der Waals surface area contributed by atoms with Crippen molar-refractivity contribution in [1.29, 1.82) is 0 Å². The lowest BCUT2D eigenvalue weighted by Gasteiger charge is -2.14. The van der Waals surface area contributed by atoms with E-state index in [0.29, 0.717) is 10.9 Å². The van der Waals surface area contributed by atoms with Crippen molar-refractivity contribution in [3.63, 3.8) is 0 Å². The normalized spacial score (nSPS) is 11.0. The number of benzene rings is 2. The zero-order valence-electron chi connectivity index (χ0n) is 15.0. The quantitative estimate of drug-likeness (QED) is 0.373. The summed E-state index contributed by atoms with van der Waals surface area (Å²) in [6.07, 6.45) is 1.40. The molecule has 0 aliphatic rings. The van der Waals surface area contributed by atoms with Gasteiger partial charge in [-0.25, -0.2) is 4.98 Å². The fraction of sp³-hybridized carbons (Fsp3) is 0.167. The predicted octanol–water partition coefficient (Wildman–Crippen LogP) is 4.55. The van der Waals surface area contributed by atoms with Gasteiger partial charge in [0.1, 0.15) is 12.1 Å². The number of hydrogen-bond acceptors (Lipinski definition) is 6. The molecule has 30 heavy (non-hydrogen) atoms. The summed E-state index contributed by atoms with van der Waals surface area (Å²) in [7, 11) is 0. The number of nitrogens with one attached hydrogen (secondary N) is 2. The van der Waals surface area contributed by atoms with Gasteiger partial charge in [0.15, 0.2) is 10.9 Å². The number of halogens is 4. The fourth-order valence-corrected chi connectivity index (χ4v) is 3.07. The molecule has 158 valence electrons. The van der Waals surface area contributed by atoms with Crippen LogP contribution in [0.2, 0.25) is 0 Å². The summed E-state index contributed by atoms with van der Waals surface area (Å²) < 4.78 is 58.4. The van der Waals surface area contributed by atoms with Crippen molar-refractivity contribution in [3.05, 3.63) is 59.9 Å². The lowest BCUT2D eigenvalue weighted by molar-refractivity contribution is -0.0540. The third kappa shape index (κ3) is 6.11.